The molecule has 0 saturated carbocycles. The summed E-state index contributed by atoms with van der Waals surface area (Å²) in [7, 11) is 0. The molecule has 0 fully saturated rings. The van der Waals surface area contributed by atoms with E-state index in [4.69, 9.17) is 11.5 Å². The van der Waals surface area contributed by atoms with Crippen LogP contribution >= 0.6 is 0 Å². The highest BCUT2D eigenvalue weighted by molar-refractivity contribution is 6.03. The molecule has 116 valence electrons. The van der Waals surface area contributed by atoms with E-state index in [2.05, 4.69) is 5.10 Å². The molecule has 8 nitrogen and oxygen atoms in total. The number of primary amides is 1. The third kappa shape index (κ3) is 2.62. The predicted molar refractivity (Wildman–Crippen MR) is 82.2 cm³/mol. The first kappa shape index (κ1) is 15.5. The van der Waals surface area contributed by atoms with Crippen LogP contribution in [0.4, 0.5) is 11.5 Å². The van der Waals surface area contributed by atoms with Crippen LogP contribution in [0.2, 0.25) is 0 Å². The van der Waals surface area contributed by atoms with Gasteiger partial charge in [-0.1, -0.05) is 0 Å². The van der Waals surface area contributed by atoms with Gasteiger partial charge in [0, 0.05) is 17.7 Å². The number of hydrogen-bond acceptors (Lipinski definition) is 5. The molecule has 0 unspecified atom stereocenters. The number of nitrogen functional groups attached to an aromatic ring is 1. The number of aromatic nitrogens is 2. The third-order valence-corrected chi connectivity index (χ3v) is 3.15. The molecule has 22 heavy (non-hydrogen) atoms. The van der Waals surface area contributed by atoms with Crippen molar-refractivity contribution in [1.82, 2.24) is 9.78 Å². The van der Waals surface area contributed by atoms with E-state index in [0.29, 0.717) is 11.3 Å². The molecule has 1 amide bonds. The quantitative estimate of drug-likeness (QED) is 0.660. The number of nitrogens with zero attached hydrogens (tertiary/aromatic N) is 3. The number of nitro groups is 1. The average Bonchev–Trinajstić information content (AvgIpc) is 2.76. The lowest BCUT2D eigenvalue weighted by Gasteiger charge is -2.20. The molecule has 2 rings (SSSR count). The number of nitrogens with two attached hydrogens (primary N) is 2. The molecule has 0 atom stereocenters. The topological polar surface area (TPSA) is 130 Å². The van der Waals surface area contributed by atoms with Gasteiger partial charge in [0.25, 0.3) is 11.6 Å². The van der Waals surface area contributed by atoms with E-state index in [-0.39, 0.29) is 17.1 Å². The van der Waals surface area contributed by atoms with Crippen LogP contribution in [0.5, 0.6) is 0 Å². The largest absolute Gasteiger partial charge is 0.383 e. The Balaban J connectivity index is 2.64. The molecule has 0 bridgehead atoms. The second kappa shape index (κ2) is 5.14. The van der Waals surface area contributed by atoms with E-state index >= 15 is 0 Å². The standard InChI is InChI=1S/C14H17N5O3/c1-14(2,3)18-12(15)10(13(16)20)11(17-18)8-4-6-9(7-5-8)19(21)22/h4-7H,15H2,1-3H3,(H2,16,20). The number of nitro benzene ring substituents is 1. The lowest BCUT2D eigenvalue weighted by Crippen LogP contribution is -2.25. The van der Waals surface area contributed by atoms with Gasteiger partial charge in [0.2, 0.25) is 0 Å². The molecule has 0 spiro atoms. The minimum atomic E-state index is -0.693. The summed E-state index contributed by atoms with van der Waals surface area (Å²) in [4.78, 5) is 21.9. The van der Waals surface area contributed by atoms with Gasteiger partial charge in [0.15, 0.2) is 0 Å². The van der Waals surface area contributed by atoms with Crippen molar-refractivity contribution >= 4 is 17.4 Å². The fourth-order valence-electron chi connectivity index (χ4n) is 2.13. The zero-order valence-corrected chi connectivity index (χ0v) is 12.5. The van der Waals surface area contributed by atoms with E-state index < -0.39 is 16.4 Å². The van der Waals surface area contributed by atoms with Crippen LogP contribution in [0.15, 0.2) is 24.3 Å². The van der Waals surface area contributed by atoms with Gasteiger partial charge in [-0.15, -0.1) is 0 Å². The SMILES string of the molecule is CC(C)(C)n1nc(-c2ccc([N+](=O)[O-])cc2)c(C(N)=O)c1N. The summed E-state index contributed by atoms with van der Waals surface area (Å²) in [6.45, 7) is 5.67. The van der Waals surface area contributed by atoms with Gasteiger partial charge in [-0.05, 0) is 32.9 Å². The Labute approximate surface area is 126 Å². The summed E-state index contributed by atoms with van der Waals surface area (Å²) in [5, 5.41) is 15.1. The van der Waals surface area contributed by atoms with E-state index in [1.807, 2.05) is 20.8 Å². The summed E-state index contributed by atoms with van der Waals surface area (Å²) in [6, 6.07) is 5.71. The maximum Gasteiger partial charge on any atom is 0.269 e. The first-order chi connectivity index (χ1) is 10.1. The lowest BCUT2D eigenvalue weighted by molar-refractivity contribution is -0.384. The van der Waals surface area contributed by atoms with Crippen LogP contribution in [-0.2, 0) is 5.54 Å². The van der Waals surface area contributed by atoms with Gasteiger partial charge in [-0.25, -0.2) is 4.68 Å². The zero-order valence-electron chi connectivity index (χ0n) is 12.5. The predicted octanol–water partition coefficient (Wildman–Crippen LogP) is 1.89. The fraction of sp³-hybridized carbons (Fsp3) is 0.286. The highest BCUT2D eigenvalue weighted by atomic mass is 16.6. The molecule has 8 heteroatoms. The van der Waals surface area contributed by atoms with Crippen LogP contribution < -0.4 is 11.5 Å². The number of carbonyl (C=O) groups excluding carboxylic acids is 1. The fourth-order valence-corrected chi connectivity index (χ4v) is 2.13. The third-order valence-electron chi connectivity index (χ3n) is 3.15. The molecule has 4 N–H and O–H groups in total. The molecule has 1 heterocycles. The molecule has 2 aromatic rings. The molecule has 0 saturated heterocycles. The number of rotatable bonds is 3. The maximum atomic E-state index is 11.7. The van der Waals surface area contributed by atoms with Crippen molar-refractivity contribution in [2.45, 2.75) is 26.3 Å². The number of carbonyl (C=O) groups is 1. The summed E-state index contributed by atoms with van der Waals surface area (Å²) >= 11 is 0. The van der Waals surface area contributed by atoms with Crippen molar-refractivity contribution in [1.29, 1.82) is 0 Å². The minimum Gasteiger partial charge on any atom is -0.383 e. The Kier molecular flexibility index (Phi) is 3.62. The van der Waals surface area contributed by atoms with E-state index in [0.717, 1.165) is 0 Å². The molecule has 0 aliphatic heterocycles. The molecular formula is C14H17N5O3. The summed E-state index contributed by atoms with van der Waals surface area (Å²) in [5.74, 6) is -0.519. The second-order valence-corrected chi connectivity index (χ2v) is 5.86. The van der Waals surface area contributed by atoms with Crippen molar-refractivity contribution in [2.75, 3.05) is 5.73 Å². The van der Waals surface area contributed by atoms with Gasteiger partial charge in [-0.3, -0.25) is 14.9 Å². The number of non-ortho nitro benzene ring substituents is 1. The van der Waals surface area contributed by atoms with Crippen LogP contribution in [0, 0.1) is 10.1 Å². The molecular weight excluding hydrogens is 286 g/mol. The summed E-state index contributed by atoms with van der Waals surface area (Å²) < 4.78 is 1.52. The molecule has 0 radical (unpaired) electrons. The van der Waals surface area contributed by atoms with Crippen molar-refractivity contribution in [3.05, 3.63) is 39.9 Å². The number of amides is 1. The number of anilines is 1. The van der Waals surface area contributed by atoms with Crippen molar-refractivity contribution in [3.8, 4) is 11.3 Å². The normalized spacial score (nSPS) is 11.4. The van der Waals surface area contributed by atoms with Gasteiger partial charge < -0.3 is 11.5 Å². The van der Waals surface area contributed by atoms with E-state index in [1.165, 1.54) is 28.9 Å². The van der Waals surface area contributed by atoms with Gasteiger partial charge in [-0.2, -0.15) is 5.10 Å². The minimum absolute atomic E-state index is 0.0485. The first-order valence-electron chi connectivity index (χ1n) is 6.56. The Morgan fingerprint density at radius 2 is 1.82 bits per heavy atom. The smallest absolute Gasteiger partial charge is 0.269 e. The summed E-state index contributed by atoms with van der Waals surface area (Å²) in [6.07, 6.45) is 0. The molecule has 0 aliphatic rings. The Morgan fingerprint density at radius 1 is 1.27 bits per heavy atom. The Morgan fingerprint density at radius 3 is 2.23 bits per heavy atom. The number of hydrogen-bond donors (Lipinski definition) is 2. The molecule has 0 aliphatic carbocycles. The van der Waals surface area contributed by atoms with Crippen molar-refractivity contribution < 1.29 is 9.72 Å². The Hall–Kier alpha value is -2.90. The van der Waals surface area contributed by atoms with Gasteiger partial charge in [0.05, 0.1) is 10.5 Å². The first-order valence-corrected chi connectivity index (χ1v) is 6.56. The van der Waals surface area contributed by atoms with E-state index in [1.54, 1.807) is 0 Å². The lowest BCUT2D eigenvalue weighted by atomic mass is 10.1. The van der Waals surface area contributed by atoms with Gasteiger partial charge in [0.1, 0.15) is 17.1 Å². The summed E-state index contributed by atoms with van der Waals surface area (Å²) in [5.41, 5.74) is 11.9. The van der Waals surface area contributed by atoms with E-state index in [9.17, 15) is 14.9 Å². The highest BCUT2D eigenvalue weighted by Gasteiger charge is 2.26. The van der Waals surface area contributed by atoms with Crippen LogP contribution in [-0.4, -0.2) is 20.6 Å². The van der Waals surface area contributed by atoms with Crippen LogP contribution in [0.3, 0.4) is 0 Å². The molecule has 1 aromatic carbocycles. The zero-order chi connectivity index (χ0) is 16.7. The van der Waals surface area contributed by atoms with Gasteiger partial charge >= 0.3 is 0 Å². The maximum absolute atomic E-state index is 11.7. The average molecular weight is 303 g/mol. The molecule has 1 aromatic heterocycles. The number of benzene rings is 1. The second-order valence-electron chi connectivity index (χ2n) is 5.86. The van der Waals surface area contributed by atoms with Crippen molar-refractivity contribution in [3.63, 3.8) is 0 Å². The Bertz CT molecular complexity index is 741. The van der Waals surface area contributed by atoms with Crippen LogP contribution in [0.1, 0.15) is 31.1 Å². The van der Waals surface area contributed by atoms with Crippen molar-refractivity contribution in [2.24, 2.45) is 5.73 Å². The monoisotopic (exact) mass is 303 g/mol. The van der Waals surface area contributed by atoms with Crippen LogP contribution in [0.25, 0.3) is 11.3 Å². The highest BCUT2D eigenvalue weighted by Crippen LogP contribution is 2.31.